The molecule has 0 aliphatic rings. The molecule has 19 heavy (non-hydrogen) atoms. The molecule has 2 N–H and O–H groups in total. The van der Waals surface area contributed by atoms with Crippen molar-refractivity contribution < 1.29 is 14.7 Å². The molecule has 1 amide bonds. The van der Waals surface area contributed by atoms with Crippen LogP contribution < -0.4 is 5.32 Å². The van der Waals surface area contributed by atoms with E-state index in [0.29, 0.717) is 0 Å². The van der Waals surface area contributed by atoms with E-state index in [-0.39, 0.29) is 17.6 Å². The van der Waals surface area contributed by atoms with Gasteiger partial charge in [-0.2, -0.15) is 0 Å². The normalized spacial score (nSPS) is 11.4. The molecule has 4 heteroatoms. The van der Waals surface area contributed by atoms with Gasteiger partial charge in [-0.25, -0.2) is 0 Å². The van der Waals surface area contributed by atoms with Crippen LogP contribution in [0, 0.1) is 5.92 Å². The summed E-state index contributed by atoms with van der Waals surface area (Å²) in [5.74, 6) is -0.634. The van der Waals surface area contributed by atoms with E-state index in [1.54, 1.807) is 13.8 Å². The second-order valence-electron chi connectivity index (χ2n) is 3.49. The maximum Gasteiger partial charge on any atom is 0.223 e. The highest BCUT2D eigenvalue weighted by molar-refractivity contribution is 5.88. The van der Waals surface area contributed by atoms with Gasteiger partial charge in [-0.1, -0.05) is 55.4 Å². The number of Topliss-reactive ketones (excluding diaryl/α,β-unsaturated/α-hetero) is 1. The highest BCUT2D eigenvalue weighted by Gasteiger charge is 2.22. The highest BCUT2D eigenvalue weighted by Crippen LogP contribution is 1.98. The summed E-state index contributed by atoms with van der Waals surface area (Å²) in [6, 6.07) is -0.783. The first-order valence-corrected chi connectivity index (χ1v) is 7.35. The van der Waals surface area contributed by atoms with Crippen molar-refractivity contribution in [3.8, 4) is 0 Å². The third-order valence-electron chi connectivity index (χ3n) is 1.74. The zero-order valence-corrected chi connectivity index (χ0v) is 14.5. The van der Waals surface area contributed by atoms with Crippen molar-refractivity contribution in [3.05, 3.63) is 0 Å². The van der Waals surface area contributed by atoms with Gasteiger partial charge in [0.25, 0.3) is 0 Å². The van der Waals surface area contributed by atoms with Crippen molar-refractivity contribution in [2.24, 2.45) is 5.92 Å². The van der Waals surface area contributed by atoms with Gasteiger partial charge in [0, 0.05) is 5.92 Å². The third kappa shape index (κ3) is 17.1. The van der Waals surface area contributed by atoms with Gasteiger partial charge in [0.1, 0.15) is 6.04 Å². The van der Waals surface area contributed by atoms with Gasteiger partial charge in [-0.3, -0.25) is 9.59 Å². The molecule has 0 rings (SSSR count). The van der Waals surface area contributed by atoms with Gasteiger partial charge < -0.3 is 10.4 Å². The molecule has 2 atom stereocenters. The lowest BCUT2D eigenvalue weighted by Crippen LogP contribution is -2.48. The predicted octanol–water partition coefficient (Wildman–Crippen LogP) is 3.18. The van der Waals surface area contributed by atoms with E-state index >= 15 is 0 Å². The van der Waals surface area contributed by atoms with Crippen LogP contribution in [0.4, 0.5) is 0 Å². The Labute approximate surface area is 120 Å². The number of rotatable bonds is 4. The smallest absolute Gasteiger partial charge is 0.223 e. The van der Waals surface area contributed by atoms with Crippen LogP contribution in [-0.4, -0.2) is 28.9 Å². The van der Waals surface area contributed by atoms with E-state index in [2.05, 4.69) is 5.32 Å². The average Bonchev–Trinajstić information content (AvgIpc) is 2.41. The van der Waals surface area contributed by atoms with Crippen LogP contribution in [0.1, 0.15) is 69.2 Å². The maximum absolute atomic E-state index is 11.2. The Morgan fingerprint density at radius 1 is 0.895 bits per heavy atom. The van der Waals surface area contributed by atoms with Crippen molar-refractivity contribution in [2.45, 2.75) is 81.4 Å². The predicted molar refractivity (Wildman–Crippen MR) is 83.2 cm³/mol. The van der Waals surface area contributed by atoms with Crippen LogP contribution >= 0.6 is 0 Å². The van der Waals surface area contributed by atoms with Crippen molar-refractivity contribution in [2.75, 3.05) is 0 Å². The maximum atomic E-state index is 11.2. The molecule has 0 aliphatic heterocycles. The molecule has 118 valence electrons. The van der Waals surface area contributed by atoms with Crippen molar-refractivity contribution in [1.29, 1.82) is 0 Å². The van der Waals surface area contributed by atoms with E-state index in [9.17, 15) is 14.7 Å². The number of ketones is 1. The van der Waals surface area contributed by atoms with E-state index in [0.717, 1.165) is 0 Å². The van der Waals surface area contributed by atoms with E-state index in [4.69, 9.17) is 0 Å². The van der Waals surface area contributed by atoms with Gasteiger partial charge >= 0.3 is 0 Å². The van der Waals surface area contributed by atoms with Crippen LogP contribution in [-0.2, 0) is 9.59 Å². The number of carbonyl (C=O) groups excluding carboxylic acids is 2. The summed E-state index contributed by atoms with van der Waals surface area (Å²) >= 11 is 0. The molecule has 0 heterocycles. The molecule has 0 spiro atoms. The Morgan fingerprint density at radius 2 is 1.21 bits per heavy atom. The Morgan fingerprint density at radius 3 is 1.37 bits per heavy atom. The minimum Gasteiger partial charge on any atom is -0.391 e. The lowest BCUT2D eigenvalue weighted by Gasteiger charge is -2.19. The summed E-state index contributed by atoms with van der Waals surface area (Å²) in [7, 11) is 0. The molecule has 4 nitrogen and oxygen atoms in total. The standard InChI is InChI=1S/C9H17NO3.3C2H6/c1-5(2)9(13)10-8(6(3)11)7(4)12;3*1-2/h5-6,8,11H,1-4H3,(H,10,13);3*1-2H3. The molecular weight excluding hydrogens is 242 g/mol. The minimum absolute atomic E-state index is 0.180. The van der Waals surface area contributed by atoms with Crippen molar-refractivity contribution in [1.82, 2.24) is 5.32 Å². The van der Waals surface area contributed by atoms with Crippen molar-refractivity contribution in [3.63, 3.8) is 0 Å². The summed E-state index contributed by atoms with van der Waals surface area (Å²) in [5, 5.41) is 11.7. The summed E-state index contributed by atoms with van der Waals surface area (Å²) in [6.07, 6.45) is -0.847. The fraction of sp³-hybridized carbons (Fsp3) is 0.867. The molecule has 2 unspecified atom stereocenters. The Kier molecular flexibility index (Phi) is 27.2. The van der Waals surface area contributed by atoms with Crippen LogP contribution in [0.3, 0.4) is 0 Å². The summed E-state index contributed by atoms with van der Waals surface area (Å²) in [5.41, 5.74) is 0. The number of amides is 1. The molecule has 0 aromatic carbocycles. The third-order valence-corrected chi connectivity index (χ3v) is 1.74. The first-order valence-electron chi connectivity index (χ1n) is 7.35. The quantitative estimate of drug-likeness (QED) is 0.829. The first-order chi connectivity index (χ1) is 8.86. The molecule has 0 bridgehead atoms. The molecule has 0 aromatic rings. The fourth-order valence-electron chi connectivity index (χ4n) is 0.882. The number of nitrogens with one attached hydrogen (secondary N) is 1. The van der Waals surface area contributed by atoms with Gasteiger partial charge in [0.2, 0.25) is 5.91 Å². The summed E-state index contributed by atoms with van der Waals surface area (Å²) in [4.78, 5) is 22.2. The number of hydrogen-bond acceptors (Lipinski definition) is 3. The number of aliphatic hydroxyl groups is 1. The topological polar surface area (TPSA) is 66.4 Å². The largest absolute Gasteiger partial charge is 0.391 e. The monoisotopic (exact) mass is 277 g/mol. The van der Waals surface area contributed by atoms with Crippen LogP contribution in [0.15, 0.2) is 0 Å². The van der Waals surface area contributed by atoms with Gasteiger partial charge in [-0.15, -0.1) is 0 Å². The molecule has 0 aromatic heterocycles. The Balaban J connectivity index is -0.000000163. The second kappa shape index (κ2) is 19.4. The first kappa shape index (κ1) is 26.6. The number of carbonyl (C=O) groups is 2. The molecule has 0 radical (unpaired) electrons. The lowest BCUT2D eigenvalue weighted by molar-refractivity contribution is -0.130. The van der Waals surface area contributed by atoms with Crippen LogP contribution in [0.5, 0.6) is 0 Å². The summed E-state index contributed by atoms with van der Waals surface area (Å²) < 4.78 is 0. The highest BCUT2D eigenvalue weighted by atomic mass is 16.3. The van der Waals surface area contributed by atoms with Crippen LogP contribution in [0.2, 0.25) is 0 Å². The second-order valence-corrected chi connectivity index (χ2v) is 3.49. The van der Waals surface area contributed by atoms with Crippen LogP contribution in [0.25, 0.3) is 0 Å². The van der Waals surface area contributed by atoms with Crippen molar-refractivity contribution >= 4 is 11.7 Å². The minimum atomic E-state index is -0.847. The molecular formula is C15H35NO3. The zero-order chi connectivity index (χ0) is 16.6. The zero-order valence-electron chi connectivity index (χ0n) is 14.5. The molecule has 0 saturated heterocycles. The molecule has 0 fully saturated rings. The van der Waals surface area contributed by atoms with E-state index in [1.165, 1.54) is 13.8 Å². The molecule has 0 saturated carbocycles. The Hall–Kier alpha value is -0.900. The van der Waals surface area contributed by atoms with Gasteiger partial charge in [0.05, 0.1) is 6.10 Å². The van der Waals surface area contributed by atoms with Gasteiger partial charge in [-0.05, 0) is 13.8 Å². The summed E-state index contributed by atoms with van der Waals surface area (Å²) in [6.45, 7) is 18.3. The number of hydrogen-bond donors (Lipinski definition) is 2. The number of aliphatic hydroxyl groups excluding tert-OH is 1. The lowest BCUT2D eigenvalue weighted by atomic mass is 10.1. The molecule has 0 aliphatic carbocycles. The van der Waals surface area contributed by atoms with E-state index in [1.807, 2.05) is 41.5 Å². The fourth-order valence-corrected chi connectivity index (χ4v) is 0.882. The van der Waals surface area contributed by atoms with E-state index < -0.39 is 12.1 Å². The SMILES string of the molecule is CC.CC.CC.CC(=O)C(NC(=O)C(C)C)C(C)O. The average molecular weight is 277 g/mol. The van der Waals surface area contributed by atoms with Gasteiger partial charge in [0.15, 0.2) is 5.78 Å². The Bertz CT molecular complexity index is 202.